The Labute approximate surface area is 387 Å². The number of carbonyl (C=O) groups excluding carboxylic acids is 2. The number of ether oxygens (including phenoxy) is 4. The topological polar surface area (TPSA) is 122 Å². The molecule has 9 nitrogen and oxygen atoms in total. The number of hydrogen-bond donors (Lipinski definition) is 1. The molecule has 1 N–H and O–H groups in total. The van der Waals surface area contributed by atoms with E-state index in [1.54, 1.807) is 6.07 Å². The summed E-state index contributed by atoms with van der Waals surface area (Å²) in [4.78, 5) is 43.1. The van der Waals surface area contributed by atoms with Crippen LogP contribution in [-0.4, -0.2) is 42.1 Å². The zero-order valence-electron chi connectivity index (χ0n) is 38.3. The number of rotatable bonds is 13. The van der Waals surface area contributed by atoms with E-state index < -0.39 is 42.2 Å². The molecule has 0 amide bonds. The van der Waals surface area contributed by atoms with Gasteiger partial charge in [0.05, 0.1) is 12.2 Å². The van der Waals surface area contributed by atoms with Gasteiger partial charge in [0.15, 0.2) is 12.2 Å². The van der Waals surface area contributed by atoms with E-state index in [-0.39, 0.29) is 30.9 Å². The average Bonchev–Trinajstić information content (AvgIpc) is 3.30. The van der Waals surface area contributed by atoms with Gasteiger partial charge in [0.25, 0.3) is 0 Å². The molecule has 0 saturated carbocycles. The van der Waals surface area contributed by atoms with Crippen LogP contribution in [0.1, 0.15) is 103 Å². The lowest BCUT2D eigenvalue weighted by Gasteiger charge is -2.45. The Kier molecular flexibility index (Phi) is 15.0. The number of esters is 2. The lowest BCUT2D eigenvalue weighted by Crippen LogP contribution is -2.54. The van der Waals surface area contributed by atoms with E-state index >= 15 is 0 Å². The largest absolute Gasteiger partial charge is 0.483 e. The van der Waals surface area contributed by atoms with E-state index in [1.165, 1.54) is 16.7 Å². The van der Waals surface area contributed by atoms with E-state index in [0.717, 1.165) is 47.9 Å². The first-order chi connectivity index (χ1) is 32.0. The fourth-order valence-electron chi connectivity index (χ4n) is 9.57. The average molecular weight is 889 g/mol. The number of hydrogen-bond acceptors (Lipinski definition) is 9. The number of aryl methyl sites for hydroxylation is 3. The van der Waals surface area contributed by atoms with Gasteiger partial charge in [-0.05, 0) is 136 Å². The van der Waals surface area contributed by atoms with Crippen molar-refractivity contribution in [3.05, 3.63) is 193 Å². The summed E-state index contributed by atoms with van der Waals surface area (Å²) in [5.74, 6) is -0.659. The van der Waals surface area contributed by atoms with Crippen LogP contribution in [0.25, 0.3) is 11.0 Å². The molecule has 4 heterocycles. The monoisotopic (exact) mass is 888 g/mol. The highest BCUT2D eigenvalue weighted by Crippen LogP contribution is 2.49. The first kappa shape index (κ1) is 46.2. The van der Waals surface area contributed by atoms with Crippen LogP contribution < -0.4 is 10.4 Å². The molecule has 9 rings (SSSR count). The second-order valence-electron chi connectivity index (χ2n) is 18.3. The Hall–Kier alpha value is -6.29. The summed E-state index contributed by atoms with van der Waals surface area (Å²) in [5.41, 5.74) is 7.60. The van der Waals surface area contributed by atoms with Crippen molar-refractivity contribution in [1.29, 1.82) is 0 Å². The third-order valence-electron chi connectivity index (χ3n) is 13.2. The summed E-state index contributed by atoms with van der Waals surface area (Å²) in [7, 11) is 0. The van der Waals surface area contributed by atoms with Crippen LogP contribution in [0.5, 0.6) is 5.75 Å². The van der Waals surface area contributed by atoms with Gasteiger partial charge in [0.2, 0.25) is 0 Å². The van der Waals surface area contributed by atoms with Gasteiger partial charge in [-0.15, -0.1) is 0 Å². The molecule has 6 aromatic rings. The van der Waals surface area contributed by atoms with E-state index in [2.05, 4.69) is 84.9 Å². The van der Waals surface area contributed by atoms with Crippen molar-refractivity contribution in [2.75, 3.05) is 13.4 Å². The highest BCUT2D eigenvalue weighted by molar-refractivity contribution is 5.90. The van der Waals surface area contributed by atoms with Gasteiger partial charge in [-0.2, -0.15) is 0 Å². The zero-order chi connectivity index (χ0) is 46.0. The Balaban J connectivity index is 1.18. The Bertz CT molecular complexity index is 2700. The third kappa shape index (κ3) is 11.4. The van der Waals surface area contributed by atoms with Crippen LogP contribution in [-0.2, 0) is 62.3 Å². The number of carbonyl (C=O) groups is 2. The SMILES string of the molecule is CC(C)=C1CCc2ccc(cc2)C[C@@H](CCc2cccc(Cc3ccccc3)c2)CC(=O)O[C@@H]2c3c(ccc4cc(CCOCO)c(=O)oc34)O[C@@](C)(CCCc3ccccc3)[C@H]2OC1=O. The van der Waals surface area contributed by atoms with Crippen molar-refractivity contribution in [3.8, 4) is 5.75 Å². The minimum atomic E-state index is -1.18. The molecule has 3 aliphatic rings. The summed E-state index contributed by atoms with van der Waals surface area (Å²) in [6, 6.07) is 43.1. The molecule has 0 radical (unpaired) electrons. The summed E-state index contributed by atoms with van der Waals surface area (Å²) in [6.07, 6.45) is 4.02. The molecule has 342 valence electrons. The van der Waals surface area contributed by atoms with Gasteiger partial charge in [-0.3, -0.25) is 4.79 Å². The molecule has 4 atom stereocenters. The smallest absolute Gasteiger partial charge is 0.339 e. The molecule has 0 aliphatic carbocycles. The van der Waals surface area contributed by atoms with Gasteiger partial charge in [-0.1, -0.05) is 115 Å². The molecule has 66 heavy (non-hydrogen) atoms. The van der Waals surface area contributed by atoms with Crippen LogP contribution in [0.2, 0.25) is 0 Å². The fourth-order valence-corrected chi connectivity index (χ4v) is 9.57. The molecule has 2 bridgehead atoms. The minimum Gasteiger partial charge on any atom is -0.483 e. The Morgan fingerprint density at radius 3 is 2.18 bits per heavy atom. The number of benzene rings is 5. The van der Waals surface area contributed by atoms with Crippen molar-refractivity contribution in [1.82, 2.24) is 0 Å². The van der Waals surface area contributed by atoms with Gasteiger partial charge in [0, 0.05) is 29.4 Å². The van der Waals surface area contributed by atoms with Crippen molar-refractivity contribution in [2.24, 2.45) is 5.92 Å². The molecule has 1 aromatic heterocycles. The van der Waals surface area contributed by atoms with Gasteiger partial charge in [-0.25, -0.2) is 9.59 Å². The number of fused-ring (bicyclic) bond motifs is 13. The third-order valence-corrected chi connectivity index (χ3v) is 13.2. The van der Waals surface area contributed by atoms with Crippen molar-refractivity contribution >= 4 is 22.9 Å². The molecular weight excluding hydrogens is 829 g/mol. The minimum absolute atomic E-state index is 0.0852. The summed E-state index contributed by atoms with van der Waals surface area (Å²) < 4.78 is 31.6. The lowest BCUT2D eigenvalue weighted by molar-refractivity contribution is -0.192. The first-order valence-corrected chi connectivity index (χ1v) is 23.3. The van der Waals surface area contributed by atoms with Gasteiger partial charge < -0.3 is 28.5 Å². The van der Waals surface area contributed by atoms with E-state index in [1.807, 2.05) is 57.2 Å². The zero-order valence-corrected chi connectivity index (χ0v) is 38.3. The highest BCUT2D eigenvalue weighted by Gasteiger charge is 2.52. The predicted octanol–water partition coefficient (Wildman–Crippen LogP) is 10.7. The number of allylic oxidation sites excluding steroid dienone is 1. The van der Waals surface area contributed by atoms with E-state index in [0.29, 0.717) is 59.9 Å². The van der Waals surface area contributed by atoms with Crippen LogP contribution in [0.15, 0.2) is 148 Å². The van der Waals surface area contributed by atoms with Gasteiger partial charge in [0.1, 0.15) is 23.7 Å². The lowest BCUT2D eigenvalue weighted by atomic mass is 9.82. The second-order valence-corrected chi connectivity index (χ2v) is 18.3. The van der Waals surface area contributed by atoms with Crippen molar-refractivity contribution in [3.63, 3.8) is 0 Å². The second kappa shape index (κ2) is 21.3. The molecule has 3 aliphatic heterocycles. The maximum absolute atomic E-state index is 14.8. The van der Waals surface area contributed by atoms with Crippen LogP contribution >= 0.6 is 0 Å². The molecular formula is C57H60O9. The van der Waals surface area contributed by atoms with E-state index in [9.17, 15) is 19.5 Å². The summed E-state index contributed by atoms with van der Waals surface area (Å²) >= 11 is 0. The molecule has 0 spiro atoms. The van der Waals surface area contributed by atoms with Crippen molar-refractivity contribution in [2.45, 2.75) is 109 Å². The normalized spacial score (nSPS) is 19.9. The predicted molar refractivity (Wildman–Crippen MR) is 255 cm³/mol. The highest BCUT2D eigenvalue weighted by atomic mass is 16.6. The van der Waals surface area contributed by atoms with Crippen LogP contribution in [0, 0.1) is 5.92 Å². The quantitative estimate of drug-likeness (QED) is 0.0397. The fraction of sp³-hybridized carbons (Fsp3) is 0.351. The van der Waals surface area contributed by atoms with E-state index in [4.69, 9.17) is 23.4 Å². The maximum atomic E-state index is 14.8. The Morgan fingerprint density at radius 1 is 0.727 bits per heavy atom. The first-order valence-electron chi connectivity index (χ1n) is 23.3. The van der Waals surface area contributed by atoms with Crippen LogP contribution in [0.3, 0.4) is 0 Å². The molecule has 9 heteroatoms. The maximum Gasteiger partial charge on any atom is 0.339 e. The summed E-state index contributed by atoms with van der Waals surface area (Å²) in [6.45, 7) is 5.39. The van der Waals surface area contributed by atoms with Gasteiger partial charge >= 0.3 is 17.6 Å². The van der Waals surface area contributed by atoms with Crippen molar-refractivity contribution < 1.29 is 38.1 Å². The molecule has 0 fully saturated rings. The number of aliphatic hydroxyl groups excluding tert-OH is 1. The van der Waals surface area contributed by atoms with Crippen LogP contribution in [0.4, 0.5) is 0 Å². The molecule has 0 saturated heterocycles. The molecule has 0 unspecified atom stereocenters. The number of aliphatic hydroxyl groups is 1. The molecule has 5 aromatic carbocycles. The summed E-state index contributed by atoms with van der Waals surface area (Å²) in [5, 5.41) is 9.77. The Morgan fingerprint density at radius 2 is 1.44 bits per heavy atom. The standard InChI is InChI=1S/C57H60O9/c1-38(2)48-27-25-40-19-21-43(22-20-40)34-45(24-23-42-16-10-17-44(33-42)32-41-14-8-5-9-15-41)35-50(59)63-53-51-49(28-26-46-36-47(29-31-62-37-58)55(60)64-52(46)51)66-57(3,54(53)65-56(48)61)30-11-18-39-12-6-4-7-13-39/h4-10,12-17,19-22,26,28,33,36,45,53-54,58H,11,18,23-25,27,29-32,34-35,37H2,1-3H3/t45-,53-,54+,57+/m1/s1.